The smallest absolute Gasteiger partial charge is 0.238 e. The fraction of sp³-hybridized carbons (Fsp3) is 0.500. The van der Waals surface area contributed by atoms with Crippen molar-refractivity contribution in [3.8, 4) is 0 Å². The van der Waals surface area contributed by atoms with Gasteiger partial charge in [0.15, 0.2) is 0 Å². The number of nitrogens with two attached hydrogens (primary N) is 1. The number of rotatable bonds is 7. The SMILES string of the molecule is CN(C)CCNc1cc(N2CCc3ccc(S(N)(=O)=O)cc3C2)nc(C2CC2)n1. The number of primary sulfonamides is 1. The first-order valence-electron chi connectivity index (χ1n) is 9.97. The van der Waals surface area contributed by atoms with Crippen LogP contribution in [0.2, 0.25) is 0 Å². The number of aromatic nitrogens is 2. The minimum absolute atomic E-state index is 0.158. The average Bonchev–Trinajstić information content (AvgIpc) is 3.51. The molecule has 1 aromatic heterocycles. The van der Waals surface area contributed by atoms with Crippen LogP contribution in [0.25, 0.3) is 0 Å². The van der Waals surface area contributed by atoms with E-state index in [4.69, 9.17) is 15.1 Å². The second kappa shape index (κ2) is 7.89. The first kappa shape index (κ1) is 20.1. The van der Waals surface area contributed by atoms with Crippen LogP contribution in [0.3, 0.4) is 0 Å². The van der Waals surface area contributed by atoms with Gasteiger partial charge in [0.25, 0.3) is 0 Å². The van der Waals surface area contributed by atoms with E-state index in [0.717, 1.165) is 67.5 Å². The Hall–Kier alpha value is -2.23. The molecule has 1 aliphatic heterocycles. The maximum absolute atomic E-state index is 11.7. The lowest BCUT2D eigenvalue weighted by Gasteiger charge is -2.30. The molecule has 2 aliphatic rings. The Labute approximate surface area is 172 Å². The molecule has 0 bridgehead atoms. The van der Waals surface area contributed by atoms with E-state index in [9.17, 15) is 8.42 Å². The Morgan fingerprint density at radius 3 is 2.69 bits per heavy atom. The number of nitrogens with one attached hydrogen (secondary N) is 1. The molecule has 0 radical (unpaired) electrons. The van der Waals surface area contributed by atoms with Crippen LogP contribution in [-0.4, -0.2) is 57.0 Å². The minimum atomic E-state index is -3.71. The fourth-order valence-corrected chi connectivity index (χ4v) is 4.11. The molecule has 2 aromatic rings. The Morgan fingerprint density at radius 2 is 2.00 bits per heavy atom. The normalized spacial score (nSPS) is 16.8. The highest BCUT2D eigenvalue weighted by atomic mass is 32.2. The van der Waals surface area contributed by atoms with Crippen LogP contribution in [0, 0.1) is 0 Å². The summed E-state index contributed by atoms with van der Waals surface area (Å²) in [5.74, 6) is 3.10. The monoisotopic (exact) mass is 416 g/mol. The summed E-state index contributed by atoms with van der Waals surface area (Å²) in [7, 11) is 0.380. The molecule has 1 aliphatic carbocycles. The predicted molar refractivity (Wildman–Crippen MR) is 114 cm³/mol. The number of anilines is 2. The third kappa shape index (κ3) is 4.85. The number of likely N-dealkylation sites (N-methyl/N-ethyl adjacent to an activating group) is 1. The van der Waals surface area contributed by atoms with E-state index in [0.29, 0.717) is 12.5 Å². The van der Waals surface area contributed by atoms with Gasteiger partial charge in [0.1, 0.15) is 17.5 Å². The third-order valence-corrected chi connectivity index (χ3v) is 6.29. The highest BCUT2D eigenvalue weighted by Crippen LogP contribution is 2.39. The lowest BCUT2D eigenvalue weighted by molar-refractivity contribution is 0.425. The van der Waals surface area contributed by atoms with E-state index in [2.05, 4.69) is 15.1 Å². The number of hydrogen-bond donors (Lipinski definition) is 2. The molecule has 0 saturated heterocycles. The molecule has 0 amide bonds. The summed E-state index contributed by atoms with van der Waals surface area (Å²) in [5, 5.41) is 8.72. The van der Waals surface area contributed by atoms with Gasteiger partial charge in [0, 0.05) is 38.2 Å². The minimum Gasteiger partial charge on any atom is -0.369 e. The molecular weight excluding hydrogens is 388 g/mol. The van der Waals surface area contributed by atoms with Crippen LogP contribution in [0.4, 0.5) is 11.6 Å². The van der Waals surface area contributed by atoms with E-state index < -0.39 is 10.0 Å². The van der Waals surface area contributed by atoms with E-state index in [1.54, 1.807) is 12.1 Å². The fourth-order valence-electron chi connectivity index (χ4n) is 3.54. The van der Waals surface area contributed by atoms with Crippen molar-refractivity contribution in [3.05, 3.63) is 41.2 Å². The zero-order chi connectivity index (χ0) is 20.6. The molecule has 1 aromatic carbocycles. The Kier molecular flexibility index (Phi) is 5.46. The van der Waals surface area contributed by atoms with Gasteiger partial charge in [-0.05, 0) is 56.6 Å². The van der Waals surface area contributed by atoms with Gasteiger partial charge in [0.2, 0.25) is 10.0 Å². The third-order valence-electron chi connectivity index (χ3n) is 5.38. The highest BCUT2D eigenvalue weighted by Gasteiger charge is 2.28. The van der Waals surface area contributed by atoms with Gasteiger partial charge in [-0.25, -0.2) is 23.5 Å². The van der Waals surface area contributed by atoms with Crippen molar-refractivity contribution in [1.29, 1.82) is 0 Å². The molecule has 3 N–H and O–H groups in total. The topological polar surface area (TPSA) is 104 Å². The summed E-state index contributed by atoms with van der Waals surface area (Å²) in [4.78, 5) is 14.0. The number of sulfonamides is 1. The molecule has 29 heavy (non-hydrogen) atoms. The molecule has 9 heteroatoms. The molecule has 1 saturated carbocycles. The van der Waals surface area contributed by atoms with Gasteiger partial charge >= 0.3 is 0 Å². The van der Waals surface area contributed by atoms with Crippen LogP contribution in [0.15, 0.2) is 29.2 Å². The number of fused-ring (bicyclic) bond motifs is 1. The molecule has 0 unspecified atom stereocenters. The van der Waals surface area contributed by atoms with Crippen molar-refractivity contribution in [1.82, 2.24) is 14.9 Å². The van der Waals surface area contributed by atoms with Gasteiger partial charge in [-0.2, -0.15) is 0 Å². The second-order valence-corrected chi connectivity index (χ2v) is 9.68. The quantitative estimate of drug-likeness (QED) is 0.705. The molecule has 4 rings (SSSR count). The molecule has 156 valence electrons. The summed E-state index contributed by atoms with van der Waals surface area (Å²) < 4.78 is 23.4. The van der Waals surface area contributed by atoms with Crippen molar-refractivity contribution in [3.63, 3.8) is 0 Å². The molecule has 2 heterocycles. The summed E-state index contributed by atoms with van der Waals surface area (Å²) in [6, 6.07) is 7.15. The van der Waals surface area contributed by atoms with Gasteiger partial charge < -0.3 is 15.1 Å². The molecule has 0 spiro atoms. The number of benzene rings is 1. The van der Waals surface area contributed by atoms with Crippen molar-refractivity contribution >= 4 is 21.7 Å². The maximum Gasteiger partial charge on any atom is 0.238 e. The molecular formula is C20H28N6O2S. The molecule has 0 atom stereocenters. The van der Waals surface area contributed by atoms with Crippen LogP contribution >= 0.6 is 0 Å². The Morgan fingerprint density at radius 1 is 1.21 bits per heavy atom. The largest absolute Gasteiger partial charge is 0.369 e. The van der Waals surface area contributed by atoms with E-state index in [1.807, 2.05) is 26.2 Å². The first-order chi connectivity index (χ1) is 13.8. The average molecular weight is 417 g/mol. The van der Waals surface area contributed by atoms with Crippen LogP contribution in [-0.2, 0) is 23.0 Å². The van der Waals surface area contributed by atoms with Crippen LogP contribution in [0.5, 0.6) is 0 Å². The highest BCUT2D eigenvalue weighted by molar-refractivity contribution is 7.89. The maximum atomic E-state index is 11.7. The van der Waals surface area contributed by atoms with Crippen LogP contribution in [0.1, 0.15) is 35.7 Å². The van der Waals surface area contributed by atoms with Crippen LogP contribution < -0.4 is 15.4 Å². The van der Waals surface area contributed by atoms with Crippen molar-refractivity contribution in [2.75, 3.05) is 43.9 Å². The zero-order valence-corrected chi connectivity index (χ0v) is 17.7. The van der Waals surface area contributed by atoms with Crippen molar-refractivity contribution < 1.29 is 8.42 Å². The van der Waals surface area contributed by atoms with Gasteiger partial charge in [-0.1, -0.05) is 6.07 Å². The molecule has 8 nitrogen and oxygen atoms in total. The Bertz CT molecular complexity index is 1000. The Balaban J connectivity index is 1.58. The van der Waals surface area contributed by atoms with Gasteiger partial charge in [-0.3, -0.25) is 0 Å². The van der Waals surface area contributed by atoms with Gasteiger partial charge in [-0.15, -0.1) is 0 Å². The summed E-state index contributed by atoms with van der Waals surface area (Å²) in [6.45, 7) is 3.18. The standard InChI is InChI=1S/C20H28N6O2S/c1-25(2)10-8-22-18-12-19(24-20(23-18)15-3-4-15)26-9-7-14-5-6-17(29(21,27)28)11-16(14)13-26/h5-6,11-12,15H,3-4,7-10,13H2,1-2H3,(H2,21,27,28)(H,22,23,24). The van der Waals surface area contributed by atoms with Crippen molar-refractivity contribution in [2.45, 2.75) is 36.6 Å². The van der Waals surface area contributed by atoms with Gasteiger partial charge in [0.05, 0.1) is 4.90 Å². The zero-order valence-electron chi connectivity index (χ0n) is 16.9. The second-order valence-electron chi connectivity index (χ2n) is 8.12. The summed E-state index contributed by atoms with van der Waals surface area (Å²) in [6.07, 6.45) is 3.12. The number of nitrogens with zero attached hydrogens (tertiary/aromatic N) is 4. The van der Waals surface area contributed by atoms with E-state index >= 15 is 0 Å². The van der Waals surface area contributed by atoms with E-state index in [1.165, 1.54) is 0 Å². The summed E-state index contributed by atoms with van der Waals surface area (Å²) >= 11 is 0. The lowest BCUT2D eigenvalue weighted by atomic mass is 10.00. The molecule has 1 fully saturated rings. The predicted octanol–water partition coefficient (Wildman–Crippen LogP) is 1.54. The number of hydrogen-bond acceptors (Lipinski definition) is 7. The van der Waals surface area contributed by atoms with E-state index in [-0.39, 0.29) is 4.90 Å². The lowest BCUT2D eigenvalue weighted by Crippen LogP contribution is -2.32. The van der Waals surface area contributed by atoms with Crippen molar-refractivity contribution in [2.24, 2.45) is 5.14 Å². The first-order valence-corrected chi connectivity index (χ1v) is 11.5. The summed E-state index contributed by atoms with van der Waals surface area (Å²) in [5.41, 5.74) is 2.14.